The Hall–Kier alpha value is -3.06. The van der Waals surface area contributed by atoms with E-state index in [1.165, 1.54) is 16.3 Å². The summed E-state index contributed by atoms with van der Waals surface area (Å²) in [7, 11) is 0. The number of aromatic nitrogens is 1. The number of anilines is 2. The lowest BCUT2D eigenvalue weighted by Gasteiger charge is -2.23. The van der Waals surface area contributed by atoms with Crippen LogP contribution in [0.3, 0.4) is 0 Å². The number of nitrogens with one attached hydrogen (secondary N) is 1. The van der Waals surface area contributed by atoms with Gasteiger partial charge in [-0.25, -0.2) is 9.99 Å². The molecule has 4 rings (SSSR count). The second kappa shape index (κ2) is 6.92. The third-order valence-corrected chi connectivity index (χ3v) is 5.24. The molecule has 0 aliphatic carbocycles. The molecule has 0 radical (unpaired) electrons. The highest BCUT2D eigenvalue weighted by molar-refractivity contribution is 7.22. The van der Waals surface area contributed by atoms with Crippen molar-refractivity contribution in [3.63, 3.8) is 0 Å². The lowest BCUT2D eigenvalue weighted by Crippen LogP contribution is -2.36. The Morgan fingerprint density at radius 1 is 1.11 bits per heavy atom. The molecule has 2 heterocycles. The highest BCUT2D eigenvalue weighted by atomic mass is 32.1. The zero-order chi connectivity index (χ0) is 19.0. The molecule has 3 aromatic rings. The van der Waals surface area contributed by atoms with E-state index < -0.39 is 0 Å². The van der Waals surface area contributed by atoms with Crippen LogP contribution in [0.5, 0.6) is 0 Å². The molecule has 6 nitrogen and oxygen atoms in total. The van der Waals surface area contributed by atoms with Crippen LogP contribution < -0.4 is 10.3 Å². The second-order valence-corrected chi connectivity index (χ2v) is 7.57. The molecule has 2 aromatic carbocycles. The van der Waals surface area contributed by atoms with Crippen LogP contribution in [0.4, 0.5) is 10.8 Å². The molecule has 136 valence electrons. The first-order valence-corrected chi connectivity index (χ1v) is 9.47. The van der Waals surface area contributed by atoms with Gasteiger partial charge in [-0.3, -0.25) is 14.9 Å². The molecule has 0 saturated heterocycles. The van der Waals surface area contributed by atoms with E-state index in [4.69, 9.17) is 0 Å². The average molecular weight is 378 g/mol. The molecule has 1 aliphatic rings. The first-order chi connectivity index (χ1) is 13.0. The summed E-state index contributed by atoms with van der Waals surface area (Å²) in [5, 5.41) is 8.96. The number of fused-ring (bicyclic) bond motifs is 1. The zero-order valence-corrected chi connectivity index (χ0v) is 15.8. The number of hydrazone groups is 1. The number of hydrogen-bond acceptors (Lipinski definition) is 5. The van der Waals surface area contributed by atoms with Gasteiger partial charge in [-0.2, -0.15) is 5.10 Å². The van der Waals surface area contributed by atoms with Crippen LogP contribution in [0.15, 0.2) is 47.6 Å². The summed E-state index contributed by atoms with van der Waals surface area (Å²) >= 11 is 1.42. The van der Waals surface area contributed by atoms with Gasteiger partial charge in [0.05, 0.1) is 15.9 Å². The molecule has 1 aromatic heterocycles. The van der Waals surface area contributed by atoms with Crippen molar-refractivity contribution in [2.45, 2.75) is 26.7 Å². The highest BCUT2D eigenvalue weighted by Crippen LogP contribution is 2.27. The van der Waals surface area contributed by atoms with Gasteiger partial charge in [-0.1, -0.05) is 29.5 Å². The van der Waals surface area contributed by atoms with Crippen molar-refractivity contribution in [1.29, 1.82) is 0 Å². The molecule has 7 heteroatoms. The van der Waals surface area contributed by atoms with Crippen LogP contribution in [0, 0.1) is 13.8 Å². The van der Waals surface area contributed by atoms with Crippen LogP contribution in [0.1, 0.15) is 24.0 Å². The summed E-state index contributed by atoms with van der Waals surface area (Å²) in [5.74, 6) is -0.441. The van der Waals surface area contributed by atoms with E-state index in [-0.39, 0.29) is 18.2 Å². The summed E-state index contributed by atoms with van der Waals surface area (Å²) in [6, 6.07) is 13.5. The van der Waals surface area contributed by atoms with Gasteiger partial charge in [-0.15, -0.1) is 0 Å². The molecular formula is C20H18N4O2S. The van der Waals surface area contributed by atoms with Crippen LogP contribution >= 0.6 is 11.3 Å². The van der Waals surface area contributed by atoms with Gasteiger partial charge in [0, 0.05) is 12.8 Å². The topological polar surface area (TPSA) is 74.7 Å². The van der Waals surface area contributed by atoms with E-state index in [9.17, 15) is 9.59 Å². The highest BCUT2D eigenvalue weighted by Gasteiger charge is 2.26. The fourth-order valence-electron chi connectivity index (χ4n) is 2.93. The van der Waals surface area contributed by atoms with Gasteiger partial charge in [0.15, 0.2) is 5.13 Å². The van der Waals surface area contributed by atoms with Gasteiger partial charge >= 0.3 is 0 Å². The van der Waals surface area contributed by atoms with Crippen molar-refractivity contribution in [2.75, 3.05) is 10.3 Å². The minimum absolute atomic E-state index is 0.118. The number of hydrogen-bond donors (Lipinski definition) is 1. The quantitative estimate of drug-likeness (QED) is 0.747. The largest absolute Gasteiger partial charge is 0.297 e. The maximum absolute atomic E-state index is 12.6. The zero-order valence-electron chi connectivity index (χ0n) is 15.0. The molecule has 0 atom stereocenters. The monoisotopic (exact) mass is 378 g/mol. The van der Waals surface area contributed by atoms with Gasteiger partial charge in [0.2, 0.25) is 5.91 Å². The predicted molar refractivity (Wildman–Crippen MR) is 108 cm³/mol. The number of carbonyl (C=O) groups excluding carboxylic acids is 2. The molecule has 1 N–H and O–H groups in total. The van der Waals surface area contributed by atoms with Crippen LogP contribution in [-0.2, 0) is 9.59 Å². The molecule has 0 fully saturated rings. The smallest absolute Gasteiger partial charge is 0.273 e. The maximum Gasteiger partial charge on any atom is 0.273 e. The Balaban J connectivity index is 1.58. The van der Waals surface area contributed by atoms with E-state index in [1.54, 1.807) is 0 Å². The Bertz CT molecular complexity index is 1090. The van der Waals surface area contributed by atoms with Crippen molar-refractivity contribution in [3.05, 3.63) is 53.6 Å². The lowest BCUT2D eigenvalue weighted by atomic mass is 10.1. The number of aryl methyl sites for hydroxylation is 2. The molecule has 27 heavy (non-hydrogen) atoms. The molecular weight excluding hydrogens is 360 g/mol. The number of amides is 2. The summed E-state index contributed by atoms with van der Waals surface area (Å²) in [6.45, 7) is 3.97. The number of benzene rings is 2. The van der Waals surface area contributed by atoms with Crippen molar-refractivity contribution >= 4 is 49.9 Å². The summed E-state index contributed by atoms with van der Waals surface area (Å²) in [4.78, 5) is 29.4. The average Bonchev–Trinajstić information content (AvgIpc) is 3.03. The SMILES string of the molecule is Cc1cccc(N2N=C(C(=O)Nc3nc4ccc(C)cc4s3)CCC2=O)c1. The van der Waals surface area contributed by atoms with Crippen molar-refractivity contribution < 1.29 is 9.59 Å². The van der Waals surface area contributed by atoms with E-state index in [1.807, 2.05) is 56.3 Å². The summed E-state index contributed by atoms with van der Waals surface area (Å²) in [5.41, 5.74) is 4.01. The van der Waals surface area contributed by atoms with Crippen LogP contribution in [0.2, 0.25) is 0 Å². The minimum Gasteiger partial charge on any atom is -0.297 e. The third-order valence-electron chi connectivity index (χ3n) is 4.31. The van der Waals surface area contributed by atoms with Gasteiger partial charge < -0.3 is 0 Å². The number of carbonyl (C=O) groups is 2. The van der Waals surface area contributed by atoms with Gasteiger partial charge in [-0.05, 0) is 49.2 Å². The van der Waals surface area contributed by atoms with E-state index in [0.717, 1.165) is 21.3 Å². The van der Waals surface area contributed by atoms with Crippen LogP contribution in [0.25, 0.3) is 10.2 Å². The lowest BCUT2D eigenvalue weighted by molar-refractivity contribution is -0.118. The third kappa shape index (κ3) is 3.59. The molecule has 0 saturated carbocycles. The first kappa shape index (κ1) is 17.4. The fraction of sp³-hybridized carbons (Fsp3) is 0.200. The predicted octanol–water partition coefficient (Wildman–Crippen LogP) is 4.03. The van der Waals surface area contributed by atoms with E-state index in [0.29, 0.717) is 23.0 Å². The Labute approximate surface area is 160 Å². The van der Waals surface area contributed by atoms with Crippen molar-refractivity contribution in [2.24, 2.45) is 5.10 Å². The van der Waals surface area contributed by atoms with E-state index >= 15 is 0 Å². The Morgan fingerprint density at radius 3 is 2.74 bits per heavy atom. The first-order valence-electron chi connectivity index (χ1n) is 8.65. The standard InChI is InChI=1S/C20H18N4O2S/c1-12-4-3-5-14(10-12)24-18(25)9-8-16(23-24)19(26)22-20-21-15-7-6-13(2)11-17(15)27-20/h3-7,10-11H,8-9H2,1-2H3,(H,21,22,26). The molecule has 1 aliphatic heterocycles. The normalized spacial score (nSPS) is 14.4. The Kier molecular flexibility index (Phi) is 4.45. The Morgan fingerprint density at radius 2 is 1.93 bits per heavy atom. The number of nitrogens with zero attached hydrogens (tertiary/aromatic N) is 3. The van der Waals surface area contributed by atoms with Gasteiger partial charge in [0.25, 0.3) is 5.91 Å². The number of thiazole rings is 1. The van der Waals surface area contributed by atoms with Crippen LogP contribution in [-0.4, -0.2) is 22.5 Å². The summed E-state index contributed by atoms with van der Waals surface area (Å²) in [6.07, 6.45) is 0.566. The molecule has 0 spiro atoms. The van der Waals surface area contributed by atoms with Crippen molar-refractivity contribution in [3.8, 4) is 0 Å². The summed E-state index contributed by atoms with van der Waals surface area (Å²) < 4.78 is 1.02. The molecule has 2 amide bonds. The maximum atomic E-state index is 12.6. The van der Waals surface area contributed by atoms with Crippen molar-refractivity contribution in [1.82, 2.24) is 4.98 Å². The number of rotatable bonds is 3. The second-order valence-electron chi connectivity index (χ2n) is 6.54. The molecule has 0 unspecified atom stereocenters. The molecule has 0 bridgehead atoms. The van der Waals surface area contributed by atoms with Gasteiger partial charge in [0.1, 0.15) is 5.71 Å². The van der Waals surface area contributed by atoms with E-state index in [2.05, 4.69) is 15.4 Å². The fourth-order valence-corrected chi connectivity index (χ4v) is 3.89. The minimum atomic E-state index is -0.323.